The van der Waals surface area contributed by atoms with Crippen LogP contribution in [0.2, 0.25) is 10.0 Å². The number of ether oxygens (including phenoxy) is 2. The van der Waals surface area contributed by atoms with E-state index >= 15 is 0 Å². The van der Waals surface area contributed by atoms with Gasteiger partial charge in [-0.25, -0.2) is 18.4 Å². The maximum absolute atomic E-state index is 14.1. The summed E-state index contributed by atoms with van der Waals surface area (Å²) in [5, 5.41) is 0.152. The van der Waals surface area contributed by atoms with Crippen LogP contribution in [0.15, 0.2) is 34.1 Å². The number of halogens is 4. The van der Waals surface area contributed by atoms with E-state index in [1.165, 1.54) is 40.3 Å². The predicted molar refractivity (Wildman–Crippen MR) is 114 cm³/mol. The van der Waals surface area contributed by atoms with Gasteiger partial charge in [-0.2, -0.15) is 0 Å². The molecule has 30 heavy (non-hydrogen) atoms. The number of hydrogen-bond acceptors (Lipinski definition) is 6. The molecule has 0 aromatic heterocycles. The maximum Gasteiger partial charge on any atom is 0.414 e. The monoisotopic (exact) mass is 496 g/mol. The lowest BCUT2D eigenvalue weighted by Crippen LogP contribution is -2.25. The minimum absolute atomic E-state index is 0.0761. The van der Waals surface area contributed by atoms with Gasteiger partial charge < -0.3 is 19.3 Å². The van der Waals surface area contributed by atoms with Crippen LogP contribution >= 0.6 is 44.8 Å². The summed E-state index contributed by atoms with van der Waals surface area (Å²) in [6.07, 6.45) is -1.51. The first-order valence-electron chi connectivity index (χ1n) is 8.10. The van der Waals surface area contributed by atoms with E-state index in [-0.39, 0.29) is 21.5 Å². The standard InChI is InChI=1S/C18H16Cl2F2N2O4S2/c1-23(2)17(25)27-13-7-15(9(19)5-11(13)21)29-30-16-8-14(12(22)6-10(16)20)28-18(26)24(3)4/h5-8H,1-4H3. The Hall–Kier alpha value is -1.88. The van der Waals surface area contributed by atoms with Crippen molar-refractivity contribution < 1.29 is 27.8 Å². The zero-order valence-corrected chi connectivity index (χ0v) is 19.3. The predicted octanol–water partition coefficient (Wildman–Crippen LogP) is 6.19. The fraction of sp³-hybridized carbons (Fsp3) is 0.222. The summed E-state index contributed by atoms with van der Waals surface area (Å²) in [4.78, 5) is 26.4. The number of rotatable bonds is 5. The third-order valence-electron chi connectivity index (χ3n) is 3.32. The molecule has 0 atom stereocenters. The minimum Gasteiger partial charge on any atom is -0.407 e. The molecule has 12 heteroatoms. The lowest BCUT2D eigenvalue weighted by molar-refractivity contribution is 0.169. The summed E-state index contributed by atoms with van der Waals surface area (Å²) in [5.74, 6) is -2.21. The molecule has 0 heterocycles. The third-order valence-corrected chi connectivity index (χ3v) is 6.61. The molecule has 162 valence electrons. The van der Waals surface area contributed by atoms with Crippen LogP contribution in [0.25, 0.3) is 0 Å². The SMILES string of the molecule is CN(C)C(=O)Oc1cc(SSc2cc(OC(=O)N(C)C)c(F)cc2Cl)c(Cl)cc1F. The lowest BCUT2D eigenvalue weighted by Gasteiger charge is -2.14. The first-order chi connectivity index (χ1) is 14.0. The smallest absolute Gasteiger partial charge is 0.407 e. The van der Waals surface area contributed by atoms with Gasteiger partial charge in [-0.05, 0) is 12.1 Å². The summed E-state index contributed by atoms with van der Waals surface area (Å²) < 4.78 is 38.1. The fourth-order valence-electron chi connectivity index (χ4n) is 1.77. The molecule has 0 aliphatic heterocycles. The average Bonchev–Trinajstić information content (AvgIpc) is 2.65. The zero-order valence-electron chi connectivity index (χ0n) is 16.2. The molecule has 2 amide bonds. The summed E-state index contributed by atoms with van der Waals surface area (Å²) in [6.45, 7) is 0. The molecule has 2 rings (SSSR count). The van der Waals surface area contributed by atoms with Crippen LogP contribution in [0.4, 0.5) is 18.4 Å². The average molecular weight is 497 g/mol. The largest absolute Gasteiger partial charge is 0.414 e. The lowest BCUT2D eigenvalue weighted by atomic mass is 10.3. The Morgan fingerprint density at radius 2 is 1.10 bits per heavy atom. The summed E-state index contributed by atoms with van der Waals surface area (Å²) in [5.41, 5.74) is 0. The zero-order chi connectivity index (χ0) is 22.6. The highest BCUT2D eigenvalue weighted by Gasteiger charge is 2.18. The van der Waals surface area contributed by atoms with E-state index in [9.17, 15) is 18.4 Å². The minimum atomic E-state index is -0.803. The number of nitrogens with zero attached hydrogens (tertiary/aromatic N) is 2. The maximum atomic E-state index is 14.1. The number of benzene rings is 2. The van der Waals surface area contributed by atoms with Gasteiger partial charge in [0.25, 0.3) is 0 Å². The summed E-state index contributed by atoms with van der Waals surface area (Å²) in [6, 6.07) is 4.56. The second-order valence-electron chi connectivity index (χ2n) is 6.12. The van der Waals surface area contributed by atoms with Gasteiger partial charge in [0.05, 0.1) is 10.0 Å². The van der Waals surface area contributed by atoms with Crippen LogP contribution < -0.4 is 9.47 Å². The normalized spacial score (nSPS) is 10.5. The Morgan fingerprint density at radius 1 is 0.767 bits per heavy atom. The Labute approximate surface area is 189 Å². The second-order valence-corrected chi connectivity index (χ2v) is 9.14. The molecule has 6 nitrogen and oxygen atoms in total. The van der Waals surface area contributed by atoms with Gasteiger partial charge in [0, 0.05) is 50.1 Å². The number of amides is 2. The fourth-order valence-corrected chi connectivity index (χ4v) is 4.71. The van der Waals surface area contributed by atoms with E-state index in [2.05, 4.69) is 0 Å². The van der Waals surface area contributed by atoms with Gasteiger partial charge in [-0.15, -0.1) is 0 Å². The molecule has 0 saturated heterocycles. The van der Waals surface area contributed by atoms with Crippen molar-refractivity contribution >= 4 is 57.0 Å². The van der Waals surface area contributed by atoms with Crippen LogP contribution in [0.5, 0.6) is 11.5 Å². The van der Waals surface area contributed by atoms with Crippen molar-refractivity contribution in [3.63, 3.8) is 0 Å². The van der Waals surface area contributed by atoms with Crippen LogP contribution in [0, 0.1) is 11.6 Å². The number of carbonyl (C=O) groups is 2. The molecule has 0 aliphatic rings. The second kappa shape index (κ2) is 10.4. The topological polar surface area (TPSA) is 59.1 Å². The molecule has 0 N–H and O–H groups in total. The molecule has 0 radical (unpaired) electrons. The van der Waals surface area contributed by atoms with E-state index in [0.29, 0.717) is 9.79 Å². The van der Waals surface area contributed by atoms with E-state index in [1.54, 1.807) is 0 Å². The Kier molecular flexibility index (Phi) is 8.48. The van der Waals surface area contributed by atoms with Gasteiger partial charge >= 0.3 is 12.2 Å². The highest BCUT2D eigenvalue weighted by Crippen LogP contribution is 2.46. The highest BCUT2D eigenvalue weighted by atomic mass is 35.5. The molecular formula is C18H16Cl2F2N2O4S2. The highest BCUT2D eigenvalue weighted by molar-refractivity contribution is 8.76. The van der Waals surface area contributed by atoms with E-state index in [0.717, 1.165) is 43.5 Å². The van der Waals surface area contributed by atoms with Crippen LogP contribution in [-0.2, 0) is 0 Å². The van der Waals surface area contributed by atoms with Crippen molar-refractivity contribution in [2.75, 3.05) is 28.2 Å². The van der Waals surface area contributed by atoms with Crippen molar-refractivity contribution in [2.45, 2.75) is 9.79 Å². The van der Waals surface area contributed by atoms with Crippen LogP contribution in [0.3, 0.4) is 0 Å². The summed E-state index contributed by atoms with van der Waals surface area (Å²) >= 11 is 12.1. The molecule has 2 aromatic rings. The van der Waals surface area contributed by atoms with Gasteiger partial charge in [0.1, 0.15) is 0 Å². The van der Waals surface area contributed by atoms with E-state index in [1.807, 2.05) is 0 Å². The van der Waals surface area contributed by atoms with Gasteiger partial charge in [0.15, 0.2) is 23.1 Å². The molecule has 0 unspecified atom stereocenters. The molecule has 0 fully saturated rings. The van der Waals surface area contributed by atoms with Gasteiger partial charge in [0.2, 0.25) is 0 Å². The van der Waals surface area contributed by atoms with Gasteiger partial charge in [-0.3, -0.25) is 0 Å². The van der Waals surface area contributed by atoms with Crippen LogP contribution in [-0.4, -0.2) is 50.2 Å². The molecule has 2 aromatic carbocycles. The molecular weight excluding hydrogens is 481 g/mol. The van der Waals surface area contributed by atoms with Crippen molar-refractivity contribution in [3.8, 4) is 11.5 Å². The van der Waals surface area contributed by atoms with Crippen LogP contribution in [0.1, 0.15) is 0 Å². The number of carbonyl (C=O) groups excluding carboxylic acids is 2. The molecule has 0 spiro atoms. The molecule has 0 aliphatic carbocycles. The first kappa shape index (κ1) is 24.4. The number of hydrogen-bond donors (Lipinski definition) is 0. The van der Waals surface area contributed by atoms with Crippen molar-refractivity contribution in [1.29, 1.82) is 0 Å². The van der Waals surface area contributed by atoms with Crippen molar-refractivity contribution in [2.24, 2.45) is 0 Å². The Morgan fingerprint density at radius 3 is 1.40 bits per heavy atom. The van der Waals surface area contributed by atoms with Crippen molar-refractivity contribution in [3.05, 3.63) is 45.9 Å². The Balaban J connectivity index is 2.24. The first-order valence-corrected chi connectivity index (χ1v) is 11.0. The van der Waals surface area contributed by atoms with E-state index in [4.69, 9.17) is 32.7 Å². The third kappa shape index (κ3) is 6.31. The summed E-state index contributed by atoms with van der Waals surface area (Å²) in [7, 11) is 7.96. The van der Waals surface area contributed by atoms with Crippen molar-refractivity contribution in [1.82, 2.24) is 9.80 Å². The van der Waals surface area contributed by atoms with E-state index < -0.39 is 23.8 Å². The quantitative estimate of drug-likeness (QED) is 0.459. The van der Waals surface area contributed by atoms with Gasteiger partial charge in [-0.1, -0.05) is 44.8 Å². The Bertz CT molecular complexity index is 900. The molecule has 0 saturated carbocycles. The molecule has 0 bridgehead atoms.